The molecule has 1 aromatic heterocycles. The van der Waals surface area contributed by atoms with Gasteiger partial charge < -0.3 is 24.4 Å². The van der Waals surface area contributed by atoms with Crippen LogP contribution in [0.2, 0.25) is 0 Å². The van der Waals surface area contributed by atoms with Gasteiger partial charge in [-0.25, -0.2) is 0 Å². The molecule has 176 valence electrons. The largest absolute Gasteiger partial charge is 0.490 e. The lowest BCUT2D eigenvalue weighted by atomic mass is 10.1. The third kappa shape index (κ3) is 5.59. The van der Waals surface area contributed by atoms with Crippen molar-refractivity contribution >= 4 is 16.6 Å². The zero-order valence-corrected chi connectivity index (χ0v) is 18.8. The van der Waals surface area contributed by atoms with E-state index < -0.39 is 6.61 Å². The van der Waals surface area contributed by atoms with Gasteiger partial charge in [0, 0.05) is 49.6 Å². The summed E-state index contributed by atoms with van der Waals surface area (Å²) in [6, 6.07) is 3.41. The van der Waals surface area contributed by atoms with E-state index in [2.05, 4.69) is 10.2 Å². The van der Waals surface area contributed by atoms with Crippen molar-refractivity contribution < 1.29 is 23.0 Å². The summed E-state index contributed by atoms with van der Waals surface area (Å²) in [5.74, 6) is 0.392. The minimum absolute atomic E-state index is 0.0633. The maximum absolute atomic E-state index is 13.2. The topological polar surface area (TPSA) is 55.8 Å². The van der Waals surface area contributed by atoms with Crippen LogP contribution in [0.4, 0.5) is 14.5 Å². The highest BCUT2D eigenvalue weighted by atomic mass is 19.3. The predicted octanol–water partition coefficient (Wildman–Crippen LogP) is 4.64. The summed E-state index contributed by atoms with van der Waals surface area (Å²) in [7, 11) is 1.68. The standard InChI is InChI=1S/C24H33F2N3O3/c1-30-13-5-9-27-23-17-7-4-8-19(17)28-20-16-21(22(15-18(20)23)32-24(25)26)31-14-6-12-29-10-2-3-11-29/h15-16,24H,2-14H2,1H3,(H,27,28). The average Bonchev–Trinajstić information content (AvgIpc) is 3.45. The molecule has 0 spiro atoms. The van der Waals surface area contributed by atoms with Crippen molar-refractivity contribution in [3.8, 4) is 11.5 Å². The number of likely N-dealkylation sites (tertiary alicyclic amines) is 1. The number of aromatic nitrogens is 1. The first-order valence-electron chi connectivity index (χ1n) is 11.7. The number of hydrogen-bond donors (Lipinski definition) is 1. The molecule has 1 saturated heterocycles. The van der Waals surface area contributed by atoms with Crippen LogP contribution in [0, 0.1) is 0 Å². The van der Waals surface area contributed by atoms with Crippen LogP contribution in [-0.2, 0) is 17.6 Å². The van der Waals surface area contributed by atoms with E-state index in [1.54, 1.807) is 19.2 Å². The summed E-state index contributed by atoms with van der Waals surface area (Å²) in [6.07, 6.45) is 7.10. The molecular weight excluding hydrogens is 416 g/mol. The molecule has 1 aliphatic heterocycles. The number of aryl methyl sites for hydroxylation is 1. The Labute approximate surface area is 188 Å². The number of hydrogen-bond acceptors (Lipinski definition) is 6. The number of pyridine rings is 1. The Kier molecular flexibility index (Phi) is 7.97. The fourth-order valence-corrected chi connectivity index (χ4v) is 4.68. The van der Waals surface area contributed by atoms with E-state index in [1.165, 1.54) is 18.4 Å². The Morgan fingerprint density at radius 3 is 2.69 bits per heavy atom. The van der Waals surface area contributed by atoms with Crippen molar-refractivity contribution in [2.24, 2.45) is 0 Å². The number of benzene rings is 1. The molecule has 0 amide bonds. The van der Waals surface area contributed by atoms with Gasteiger partial charge in [-0.2, -0.15) is 8.78 Å². The lowest BCUT2D eigenvalue weighted by molar-refractivity contribution is -0.0514. The molecular formula is C24H33F2N3O3. The number of alkyl halides is 2. The first-order chi connectivity index (χ1) is 15.7. The predicted molar refractivity (Wildman–Crippen MR) is 121 cm³/mol. The zero-order valence-electron chi connectivity index (χ0n) is 18.8. The van der Waals surface area contributed by atoms with Gasteiger partial charge in [-0.05, 0) is 69.7 Å². The van der Waals surface area contributed by atoms with E-state index in [0.717, 1.165) is 80.6 Å². The monoisotopic (exact) mass is 449 g/mol. The van der Waals surface area contributed by atoms with Crippen LogP contribution in [0.15, 0.2) is 12.1 Å². The molecule has 1 fully saturated rings. The minimum Gasteiger partial charge on any atom is -0.490 e. The number of fused-ring (bicyclic) bond motifs is 2. The van der Waals surface area contributed by atoms with Crippen LogP contribution in [0.25, 0.3) is 10.9 Å². The highest BCUT2D eigenvalue weighted by molar-refractivity contribution is 5.96. The van der Waals surface area contributed by atoms with Crippen molar-refractivity contribution in [2.75, 3.05) is 51.8 Å². The molecule has 1 aliphatic carbocycles. The second-order valence-electron chi connectivity index (χ2n) is 8.48. The number of methoxy groups -OCH3 is 1. The first kappa shape index (κ1) is 23.0. The van der Waals surface area contributed by atoms with E-state index >= 15 is 0 Å². The fraction of sp³-hybridized carbons (Fsp3) is 0.625. The van der Waals surface area contributed by atoms with Crippen LogP contribution in [0.3, 0.4) is 0 Å². The molecule has 0 radical (unpaired) electrons. The Balaban J connectivity index is 1.57. The lowest BCUT2D eigenvalue weighted by Crippen LogP contribution is -2.22. The first-order valence-corrected chi connectivity index (χ1v) is 11.7. The van der Waals surface area contributed by atoms with E-state index in [4.69, 9.17) is 19.2 Å². The molecule has 2 heterocycles. The van der Waals surface area contributed by atoms with Gasteiger partial charge in [-0.15, -0.1) is 0 Å². The molecule has 1 N–H and O–H groups in total. The van der Waals surface area contributed by atoms with Crippen molar-refractivity contribution in [3.05, 3.63) is 23.4 Å². The van der Waals surface area contributed by atoms with Gasteiger partial charge >= 0.3 is 6.61 Å². The minimum atomic E-state index is -2.92. The summed E-state index contributed by atoms with van der Waals surface area (Å²) in [4.78, 5) is 7.25. The van der Waals surface area contributed by atoms with Crippen LogP contribution in [-0.4, -0.2) is 63.0 Å². The van der Waals surface area contributed by atoms with Gasteiger partial charge in [0.25, 0.3) is 0 Å². The smallest absolute Gasteiger partial charge is 0.387 e. The molecule has 4 rings (SSSR count). The van der Waals surface area contributed by atoms with Crippen molar-refractivity contribution in [1.82, 2.24) is 9.88 Å². The van der Waals surface area contributed by atoms with Crippen molar-refractivity contribution in [1.29, 1.82) is 0 Å². The van der Waals surface area contributed by atoms with Gasteiger partial charge in [0.2, 0.25) is 0 Å². The Bertz CT molecular complexity index is 904. The average molecular weight is 450 g/mol. The number of nitrogens with one attached hydrogen (secondary N) is 1. The zero-order chi connectivity index (χ0) is 22.3. The summed E-state index contributed by atoms with van der Waals surface area (Å²) >= 11 is 0. The third-order valence-corrected chi connectivity index (χ3v) is 6.20. The van der Waals surface area contributed by atoms with E-state index in [1.807, 2.05) is 0 Å². The second kappa shape index (κ2) is 11.1. The van der Waals surface area contributed by atoms with E-state index in [-0.39, 0.29) is 5.75 Å². The fourth-order valence-electron chi connectivity index (χ4n) is 4.68. The Morgan fingerprint density at radius 1 is 1.06 bits per heavy atom. The number of rotatable bonds is 12. The van der Waals surface area contributed by atoms with E-state index in [9.17, 15) is 8.78 Å². The van der Waals surface area contributed by atoms with Crippen LogP contribution in [0.1, 0.15) is 43.4 Å². The molecule has 0 saturated carbocycles. The molecule has 0 atom stereocenters. The van der Waals surface area contributed by atoms with Gasteiger partial charge in [-0.1, -0.05) is 0 Å². The van der Waals surface area contributed by atoms with Gasteiger partial charge in [0.15, 0.2) is 11.5 Å². The van der Waals surface area contributed by atoms with Crippen LogP contribution in [0.5, 0.6) is 11.5 Å². The maximum atomic E-state index is 13.2. The quantitative estimate of drug-likeness (QED) is 0.477. The Hall–Kier alpha value is -2.19. The molecule has 1 aromatic carbocycles. The van der Waals surface area contributed by atoms with Gasteiger partial charge in [-0.3, -0.25) is 4.98 Å². The Morgan fingerprint density at radius 2 is 1.91 bits per heavy atom. The summed E-state index contributed by atoms with van der Waals surface area (Å²) < 4.78 is 42.3. The van der Waals surface area contributed by atoms with Gasteiger partial charge in [0.1, 0.15) is 0 Å². The molecule has 2 aromatic rings. The molecule has 6 nitrogen and oxygen atoms in total. The highest BCUT2D eigenvalue weighted by Crippen LogP contribution is 2.40. The maximum Gasteiger partial charge on any atom is 0.387 e. The molecule has 0 unspecified atom stereocenters. The van der Waals surface area contributed by atoms with E-state index in [0.29, 0.717) is 19.0 Å². The normalized spacial score (nSPS) is 16.1. The van der Waals surface area contributed by atoms with Crippen LogP contribution >= 0.6 is 0 Å². The molecule has 8 heteroatoms. The highest BCUT2D eigenvalue weighted by Gasteiger charge is 2.22. The lowest BCUT2D eigenvalue weighted by Gasteiger charge is -2.19. The number of anilines is 1. The van der Waals surface area contributed by atoms with Crippen molar-refractivity contribution in [2.45, 2.75) is 51.6 Å². The summed E-state index contributed by atoms with van der Waals surface area (Å²) in [5.41, 5.74) is 3.97. The molecule has 0 bridgehead atoms. The number of nitrogens with zero attached hydrogens (tertiary/aromatic N) is 2. The molecule has 2 aliphatic rings. The van der Waals surface area contributed by atoms with Crippen LogP contribution < -0.4 is 14.8 Å². The van der Waals surface area contributed by atoms with Crippen molar-refractivity contribution in [3.63, 3.8) is 0 Å². The third-order valence-electron chi connectivity index (χ3n) is 6.20. The number of halogens is 2. The summed E-state index contributed by atoms with van der Waals surface area (Å²) in [5, 5.41) is 4.29. The molecule has 32 heavy (non-hydrogen) atoms. The SMILES string of the molecule is COCCCNc1c2c(nc3cc(OCCCN4CCCC4)c(OC(F)F)cc13)CCC2. The summed E-state index contributed by atoms with van der Waals surface area (Å²) in [6.45, 7) is 2.15. The number of ether oxygens (including phenoxy) is 3. The second-order valence-corrected chi connectivity index (χ2v) is 8.48. The van der Waals surface area contributed by atoms with Gasteiger partial charge in [0.05, 0.1) is 12.1 Å².